The standard InChI is InChI=1S/C35H45ClF3N7O5/c1-8-26-28(43-14-11-23(18-43)45(34(5,6)7)32(49)51-20-33(2,3)4)30(48)46-31(41-29(42-46)21-12-15-50-16-13-21)44(26)19-27(47)40-25-10-9-22(17-24(25)36)35(37,38)39/h9-10,12,17,23H,8,11,13-16,18-20H2,1-7H3,(H,40,47). The van der Waals surface area contributed by atoms with Crippen molar-refractivity contribution in [2.75, 3.05) is 43.1 Å². The molecule has 1 N–H and O–H groups in total. The molecule has 1 fully saturated rings. The third-order valence-corrected chi connectivity index (χ3v) is 8.99. The van der Waals surface area contributed by atoms with E-state index >= 15 is 0 Å². The number of fused-ring (bicyclic) bond motifs is 1. The summed E-state index contributed by atoms with van der Waals surface area (Å²) < 4.78 is 53.6. The number of carbonyl (C=O) groups excluding carboxylic acids is 2. The van der Waals surface area contributed by atoms with E-state index in [-0.39, 0.29) is 41.1 Å². The lowest BCUT2D eigenvalue weighted by molar-refractivity contribution is -0.137. The monoisotopic (exact) mass is 735 g/mol. The van der Waals surface area contributed by atoms with Gasteiger partial charge in [-0.1, -0.05) is 45.4 Å². The Kier molecular flexibility index (Phi) is 10.8. The molecule has 2 amide bonds. The molecule has 2 aromatic heterocycles. The summed E-state index contributed by atoms with van der Waals surface area (Å²) in [4.78, 5) is 49.7. The summed E-state index contributed by atoms with van der Waals surface area (Å²) in [6, 6.07) is 2.40. The first-order chi connectivity index (χ1) is 23.8. The zero-order valence-corrected chi connectivity index (χ0v) is 30.7. The summed E-state index contributed by atoms with van der Waals surface area (Å²) in [5.74, 6) is -0.138. The Morgan fingerprint density at radius 1 is 1.16 bits per heavy atom. The predicted molar refractivity (Wildman–Crippen MR) is 188 cm³/mol. The largest absolute Gasteiger partial charge is 0.449 e. The normalized spacial score (nSPS) is 17.1. The van der Waals surface area contributed by atoms with Gasteiger partial charge in [0.1, 0.15) is 12.2 Å². The van der Waals surface area contributed by atoms with Crippen LogP contribution in [0.4, 0.5) is 29.3 Å². The lowest BCUT2D eigenvalue weighted by atomic mass is 9.99. The number of halogens is 4. The molecular formula is C35H45ClF3N7O5. The summed E-state index contributed by atoms with van der Waals surface area (Å²) in [5, 5.41) is 6.92. The van der Waals surface area contributed by atoms with E-state index in [1.807, 2.05) is 59.4 Å². The predicted octanol–water partition coefficient (Wildman–Crippen LogP) is 6.43. The number of carbonyl (C=O) groups is 2. The van der Waals surface area contributed by atoms with Crippen LogP contribution in [0, 0.1) is 5.41 Å². The van der Waals surface area contributed by atoms with Crippen LogP contribution in [0.1, 0.15) is 78.4 Å². The Balaban J connectivity index is 1.54. The number of hydrogen-bond donors (Lipinski definition) is 1. The second kappa shape index (κ2) is 14.5. The number of nitrogens with zero attached hydrogens (tertiary/aromatic N) is 6. The molecule has 5 rings (SSSR count). The molecule has 278 valence electrons. The zero-order chi connectivity index (χ0) is 37.5. The van der Waals surface area contributed by atoms with Gasteiger partial charge in [-0.2, -0.15) is 22.7 Å². The van der Waals surface area contributed by atoms with Crippen molar-refractivity contribution in [2.24, 2.45) is 5.41 Å². The number of ether oxygens (including phenoxy) is 2. The molecule has 3 aromatic rings. The van der Waals surface area contributed by atoms with Gasteiger partial charge in [-0.3, -0.25) is 14.5 Å². The van der Waals surface area contributed by atoms with Crippen molar-refractivity contribution in [3.05, 3.63) is 56.7 Å². The second-order valence-corrected chi connectivity index (χ2v) is 15.4. The minimum Gasteiger partial charge on any atom is -0.449 e. The van der Waals surface area contributed by atoms with Crippen LogP contribution in [-0.2, 0) is 33.4 Å². The number of rotatable bonds is 8. The number of alkyl halides is 3. The molecule has 16 heteroatoms. The van der Waals surface area contributed by atoms with Gasteiger partial charge in [-0.25, -0.2) is 4.79 Å². The third kappa shape index (κ3) is 8.52. The molecule has 0 saturated carbocycles. The first-order valence-corrected chi connectivity index (χ1v) is 17.3. The van der Waals surface area contributed by atoms with Gasteiger partial charge in [-0.15, -0.1) is 5.10 Å². The molecule has 2 aliphatic rings. The fraction of sp³-hybridized carbons (Fsp3) is 0.571. The molecule has 12 nitrogen and oxygen atoms in total. The molecule has 4 heterocycles. The summed E-state index contributed by atoms with van der Waals surface area (Å²) >= 11 is 6.14. The van der Waals surface area contributed by atoms with E-state index < -0.39 is 34.8 Å². The van der Waals surface area contributed by atoms with Crippen LogP contribution in [0.15, 0.2) is 29.1 Å². The highest BCUT2D eigenvalue weighted by Gasteiger charge is 2.40. The molecule has 0 radical (unpaired) electrons. The molecule has 0 aliphatic carbocycles. The van der Waals surface area contributed by atoms with Crippen molar-refractivity contribution < 1.29 is 32.2 Å². The maximum atomic E-state index is 14.3. The van der Waals surface area contributed by atoms with E-state index in [1.165, 1.54) is 4.52 Å². The smallest absolute Gasteiger partial charge is 0.416 e. The Labute approximate surface area is 299 Å². The van der Waals surface area contributed by atoms with E-state index in [0.717, 1.165) is 23.8 Å². The van der Waals surface area contributed by atoms with E-state index in [2.05, 4.69) is 10.4 Å². The topological polar surface area (TPSA) is 123 Å². The lowest BCUT2D eigenvalue weighted by Crippen LogP contribution is -2.53. The zero-order valence-electron chi connectivity index (χ0n) is 30.0. The van der Waals surface area contributed by atoms with Gasteiger partial charge in [0.2, 0.25) is 11.7 Å². The number of hydrogen-bond acceptors (Lipinski definition) is 8. The summed E-state index contributed by atoms with van der Waals surface area (Å²) in [5.41, 5.74) is -0.534. The first kappa shape index (κ1) is 38.1. The van der Waals surface area contributed by atoms with Crippen molar-refractivity contribution in [3.63, 3.8) is 0 Å². The maximum absolute atomic E-state index is 14.3. The molecule has 1 unspecified atom stereocenters. The van der Waals surface area contributed by atoms with Crippen molar-refractivity contribution in [1.29, 1.82) is 0 Å². The van der Waals surface area contributed by atoms with Crippen molar-refractivity contribution >= 4 is 46.3 Å². The van der Waals surface area contributed by atoms with Crippen LogP contribution in [0.25, 0.3) is 11.4 Å². The van der Waals surface area contributed by atoms with Crippen molar-refractivity contribution in [2.45, 2.75) is 92.0 Å². The average molecular weight is 736 g/mol. The average Bonchev–Trinajstić information content (AvgIpc) is 3.69. The van der Waals surface area contributed by atoms with E-state index in [9.17, 15) is 27.6 Å². The van der Waals surface area contributed by atoms with Crippen LogP contribution < -0.4 is 15.8 Å². The minimum atomic E-state index is -4.60. The van der Waals surface area contributed by atoms with Gasteiger partial charge in [-0.05, 0) is 69.2 Å². The van der Waals surface area contributed by atoms with Crippen molar-refractivity contribution in [1.82, 2.24) is 24.1 Å². The molecule has 1 saturated heterocycles. The van der Waals surface area contributed by atoms with Crippen molar-refractivity contribution in [3.8, 4) is 0 Å². The van der Waals surface area contributed by atoms with Gasteiger partial charge < -0.3 is 24.3 Å². The highest BCUT2D eigenvalue weighted by molar-refractivity contribution is 6.33. The summed E-state index contributed by atoms with van der Waals surface area (Å²) in [6.45, 7) is 15.1. The molecule has 1 aromatic carbocycles. The minimum absolute atomic E-state index is 0.00234. The Bertz CT molecular complexity index is 1890. The van der Waals surface area contributed by atoms with E-state index in [1.54, 1.807) is 9.47 Å². The SMILES string of the molecule is CCc1c(N2CCC(N(C(=O)OCC(C)(C)C)C(C)(C)C)C2)c(=O)n2nc(C3=CCOCC3)nc2n1CC(=O)Nc1ccc(C(F)(F)F)cc1Cl. The van der Waals surface area contributed by atoms with Crippen LogP contribution in [0.2, 0.25) is 5.02 Å². The lowest BCUT2D eigenvalue weighted by Gasteiger charge is -2.40. The Hall–Kier alpha value is -4.11. The highest BCUT2D eigenvalue weighted by Crippen LogP contribution is 2.34. The molecular weight excluding hydrogens is 691 g/mol. The molecule has 1 atom stereocenters. The Morgan fingerprint density at radius 3 is 2.47 bits per heavy atom. The molecule has 0 spiro atoms. The van der Waals surface area contributed by atoms with E-state index in [0.29, 0.717) is 62.8 Å². The molecule has 2 aliphatic heterocycles. The van der Waals surface area contributed by atoms with Gasteiger partial charge in [0.05, 0.1) is 47.8 Å². The van der Waals surface area contributed by atoms with Gasteiger partial charge >= 0.3 is 12.3 Å². The van der Waals surface area contributed by atoms with E-state index in [4.69, 9.17) is 26.1 Å². The number of nitrogens with one attached hydrogen (secondary N) is 1. The second-order valence-electron chi connectivity index (χ2n) is 15.0. The Morgan fingerprint density at radius 2 is 1.88 bits per heavy atom. The number of anilines is 2. The number of benzene rings is 1. The maximum Gasteiger partial charge on any atom is 0.416 e. The third-order valence-electron chi connectivity index (χ3n) is 8.68. The molecule has 0 bridgehead atoms. The quantitative estimate of drug-likeness (QED) is 0.281. The highest BCUT2D eigenvalue weighted by atomic mass is 35.5. The van der Waals surface area contributed by atoms with Gasteiger partial charge in [0, 0.05) is 18.6 Å². The number of amides is 2. The van der Waals surface area contributed by atoms with Crippen LogP contribution >= 0.6 is 11.6 Å². The summed E-state index contributed by atoms with van der Waals surface area (Å²) in [7, 11) is 0. The van der Waals surface area contributed by atoms with Crippen LogP contribution in [-0.4, -0.2) is 80.6 Å². The fourth-order valence-corrected chi connectivity index (χ4v) is 6.62. The number of aromatic nitrogens is 4. The van der Waals surface area contributed by atoms with Gasteiger partial charge in [0.15, 0.2) is 5.82 Å². The van der Waals surface area contributed by atoms with Gasteiger partial charge in [0.25, 0.3) is 5.56 Å². The van der Waals surface area contributed by atoms with Crippen LogP contribution in [0.5, 0.6) is 0 Å². The first-order valence-electron chi connectivity index (χ1n) is 17.0. The summed E-state index contributed by atoms with van der Waals surface area (Å²) in [6.07, 6.45) is -1.77. The fourth-order valence-electron chi connectivity index (χ4n) is 6.40. The molecule has 51 heavy (non-hydrogen) atoms. The van der Waals surface area contributed by atoms with Crippen LogP contribution in [0.3, 0.4) is 0 Å².